The maximum Gasteiger partial charge on any atom is 0.407 e. The van der Waals surface area contributed by atoms with E-state index < -0.39 is 11.6 Å². The Labute approximate surface area is 200 Å². The summed E-state index contributed by atoms with van der Waals surface area (Å²) in [7, 11) is 0. The molecule has 1 aromatic heterocycles. The monoisotopic (exact) mass is 471 g/mol. The normalized spacial score (nSPS) is 25.6. The van der Waals surface area contributed by atoms with Crippen molar-refractivity contribution in [2.75, 3.05) is 13.1 Å². The zero-order valence-corrected chi connectivity index (χ0v) is 20.9. The molecule has 1 atom stereocenters. The molecule has 0 unspecified atom stereocenters. The molecule has 7 heteroatoms. The van der Waals surface area contributed by atoms with Gasteiger partial charge in [0.15, 0.2) is 0 Å². The molecule has 3 fully saturated rings. The topological polar surface area (TPSA) is 93.5 Å². The summed E-state index contributed by atoms with van der Waals surface area (Å²) in [5.41, 5.74) is 7.28. The van der Waals surface area contributed by atoms with Crippen LogP contribution in [0.3, 0.4) is 0 Å². The first kappa shape index (κ1) is 24.0. The van der Waals surface area contributed by atoms with Crippen molar-refractivity contribution in [1.29, 1.82) is 0 Å². The van der Waals surface area contributed by atoms with Crippen LogP contribution in [-0.2, 0) is 16.0 Å². The first-order chi connectivity index (χ1) is 15.6. The highest BCUT2D eigenvalue weighted by molar-refractivity contribution is 7.17. The lowest BCUT2D eigenvalue weighted by atomic mass is 9.53. The maximum absolute atomic E-state index is 12.8. The highest BCUT2D eigenvalue weighted by atomic mass is 32.1. The number of hydrogen-bond donors (Lipinski definition) is 3. The SMILES string of the molecule is CC(C)(C)OC(=O)NCC12CCC(CNC(=O)[C@@H](N)Cc3csc4ccccc34)(CC1)CC2. The Balaban J connectivity index is 1.24. The standard InChI is InChI=1S/C26H37N3O3S/c1-24(2,3)32-23(31)29-17-26-11-8-25(9-12-26,10-13-26)16-28-22(30)20(27)14-18-15-33-21-7-5-4-6-19(18)21/h4-7,15,20H,8-14,16-17,27H2,1-3H3,(H,28,30)(H,29,31)/t20-,25?,26?/m0/s1. The minimum atomic E-state index is -0.538. The zero-order chi connectivity index (χ0) is 23.7. The molecule has 0 aliphatic heterocycles. The van der Waals surface area contributed by atoms with Crippen molar-refractivity contribution in [1.82, 2.24) is 10.6 Å². The van der Waals surface area contributed by atoms with Crippen molar-refractivity contribution in [3.63, 3.8) is 0 Å². The second-order valence-electron chi connectivity index (χ2n) is 11.1. The Morgan fingerprint density at radius 3 is 2.21 bits per heavy atom. The van der Waals surface area contributed by atoms with Crippen molar-refractivity contribution in [3.05, 3.63) is 35.2 Å². The second-order valence-corrected chi connectivity index (χ2v) is 12.1. The van der Waals surface area contributed by atoms with Crippen LogP contribution < -0.4 is 16.4 Å². The molecule has 3 aliphatic carbocycles. The maximum atomic E-state index is 12.8. The molecule has 4 N–H and O–H groups in total. The fraction of sp³-hybridized carbons (Fsp3) is 0.615. The number of thiophene rings is 1. The van der Waals surface area contributed by atoms with Gasteiger partial charge in [-0.05, 0) is 98.9 Å². The van der Waals surface area contributed by atoms with Gasteiger partial charge in [0.1, 0.15) is 5.60 Å². The summed E-state index contributed by atoms with van der Waals surface area (Å²) in [4.78, 5) is 24.8. The quantitative estimate of drug-likeness (QED) is 0.543. The number of fused-ring (bicyclic) bond motifs is 4. The van der Waals surface area contributed by atoms with Crippen molar-refractivity contribution < 1.29 is 14.3 Å². The molecular formula is C26H37N3O3S. The van der Waals surface area contributed by atoms with Crippen LogP contribution in [0, 0.1) is 10.8 Å². The highest BCUT2D eigenvalue weighted by Crippen LogP contribution is 2.56. The minimum Gasteiger partial charge on any atom is -0.444 e. The van der Waals surface area contributed by atoms with Gasteiger partial charge in [0.25, 0.3) is 0 Å². The van der Waals surface area contributed by atoms with Gasteiger partial charge in [-0.3, -0.25) is 4.79 Å². The number of nitrogens with one attached hydrogen (secondary N) is 2. The van der Waals surface area contributed by atoms with Gasteiger partial charge in [-0.15, -0.1) is 11.3 Å². The van der Waals surface area contributed by atoms with Crippen LogP contribution >= 0.6 is 11.3 Å². The third-order valence-electron chi connectivity index (χ3n) is 7.54. The van der Waals surface area contributed by atoms with E-state index in [-0.39, 0.29) is 22.8 Å². The Morgan fingerprint density at radius 1 is 1.03 bits per heavy atom. The summed E-state index contributed by atoms with van der Waals surface area (Å²) in [5, 5.41) is 9.47. The number of alkyl carbamates (subject to hydrolysis) is 1. The van der Waals surface area contributed by atoms with E-state index in [0.717, 1.165) is 44.1 Å². The van der Waals surface area contributed by atoms with Crippen LogP contribution in [0.5, 0.6) is 0 Å². The first-order valence-electron chi connectivity index (χ1n) is 12.0. The van der Waals surface area contributed by atoms with E-state index in [1.807, 2.05) is 32.9 Å². The number of carbonyl (C=O) groups is 2. The van der Waals surface area contributed by atoms with Crippen LogP contribution in [-0.4, -0.2) is 36.7 Å². The van der Waals surface area contributed by atoms with Crippen LogP contribution in [0.1, 0.15) is 64.9 Å². The van der Waals surface area contributed by atoms with E-state index in [1.165, 1.54) is 10.1 Å². The van der Waals surface area contributed by atoms with E-state index in [0.29, 0.717) is 19.5 Å². The highest BCUT2D eigenvalue weighted by Gasteiger charge is 2.48. The third kappa shape index (κ3) is 5.69. The minimum absolute atomic E-state index is 0.0614. The van der Waals surface area contributed by atoms with Gasteiger partial charge in [0.05, 0.1) is 6.04 Å². The summed E-state index contributed by atoms with van der Waals surface area (Å²) in [6.45, 7) is 7.00. The largest absolute Gasteiger partial charge is 0.444 e. The molecule has 0 spiro atoms. The van der Waals surface area contributed by atoms with Crippen molar-refractivity contribution in [2.45, 2.75) is 77.4 Å². The van der Waals surface area contributed by atoms with Crippen LogP contribution in [0.25, 0.3) is 10.1 Å². The van der Waals surface area contributed by atoms with E-state index in [2.05, 4.69) is 28.1 Å². The Morgan fingerprint density at radius 2 is 1.61 bits per heavy atom. The Hall–Kier alpha value is -2.12. The molecule has 2 amide bonds. The molecule has 6 nitrogen and oxygen atoms in total. The summed E-state index contributed by atoms with van der Waals surface area (Å²) >= 11 is 1.70. The van der Waals surface area contributed by atoms with Gasteiger partial charge in [-0.2, -0.15) is 0 Å². The predicted molar refractivity (Wildman–Crippen MR) is 133 cm³/mol. The number of ether oxygens (including phenoxy) is 1. The van der Waals surface area contributed by atoms with E-state index >= 15 is 0 Å². The smallest absolute Gasteiger partial charge is 0.407 e. The fourth-order valence-electron chi connectivity index (χ4n) is 5.37. The van der Waals surface area contributed by atoms with Gasteiger partial charge in [-0.25, -0.2) is 4.79 Å². The number of benzene rings is 1. The van der Waals surface area contributed by atoms with Crippen LogP contribution in [0.4, 0.5) is 4.79 Å². The molecule has 3 saturated carbocycles. The van der Waals surface area contributed by atoms with Gasteiger partial charge in [0, 0.05) is 17.8 Å². The van der Waals surface area contributed by atoms with E-state index in [4.69, 9.17) is 10.5 Å². The molecule has 33 heavy (non-hydrogen) atoms. The molecule has 5 rings (SSSR count). The molecule has 2 bridgehead atoms. The molecule has 0 radical (unpaired) electrons. The summed E-state index contributed by atoms with van der Waals surface area (Å²) < 4.78 is 6.62. The van der Waals surface area contributed by atoms with E-state index in [9.17, 15) is 9.59 Å². The van der Waals surface area contributed by atoms with Crippen molar-refractivity contribution >= 4 is 33.4 Å². The first-order valence-corrected chi connectivity index (χ1v) is 12.9. The van der Waals surface area contributed by atoms with Gasteiger partial charge in [-0.1, -0.05) is 18.2 Å². The van der Waals surface area contributed by atoms with Gasteiger partial charge < -0.3 is 21.1 Å². The number of carbonyl (C=O) groups excluding carboxylic acids is 2. The molecule has 180 valence electrons. The van der Waals surface area contributed by atoms with E-state index in [1.54, 1.807) is 11.3 Å². The molecule has 0 saturated heterocycles. The number of amides is 2. The van der Waals surface area contributed by atoms with Gasteiger partial charge >= 0.3 is 6.09 Å². The average molecular weight is 472 g/mol. The number of hydrogen-bond acceptors (Lipinski definition) is 5. The molecule has 1 aromatic carbocycles. The fourth-order valence-corrected chi connectivity index (χ4v) is 6.35. The Bertz CT molecular complexity index is 985. The lowest BCUT2D eigenvalue weighted by Crippen LogP contribution is -2.53. The lowest BCUT2D eigenvalue weighted by molar-refractivity contribution is -0.123. The van der Waals surface area contributed by atoms with Crippen LogP contribution in [0.2, 0.25) is 0 Å². The lowest BCUT2D eigenvalue weighted by Gasteiger charge is -2.53. The number of nitrogens with two attached hydrogens (primary N) is 1. The third-order valence-corrected chi connectivity index (χ3v) is 8.55. The average Bonchev–Trinajstić information content (AvgIpc) is 3.19. The molecule has 3 aliphatic rings. The van der Waals surface area contributed by atoms with Crippen LogP contribution in [0.15, 0.2) is 29.6 Å². The zero-order valence-electron chi connectivity index (χ0n) is 20.0. The second kappa shape index (κ2) is 9.26. The predicted octanol–water partition coefficient (Wildman–Crippen LogP) is 4.75. The summed E-state index contributed by atoms with van der Waals surface area (Å²) in [5.74, 6) is -0.0614. The number of rotatable bonds is 7. The summed E-state index contributed by atoms with van der Waals surface area (Å²) in [6, 6.07) is 7.72. The Kier molecular flexibility index (Phi) is 6.74. The van der Waals surface area contributed by atoms with Crippen molar-refractivity contribution in [2.24, 2.45) is 16.6 Å². The summed E-state index contributed by atoms with van der Waals surface area (Å²) in [6.07, 6.45) is 6.68. The van der Waals surface area contributed by atoms with Crippen molar-refractivity contribution in [3.8, 4) is 0 Å². The molecular weight excluding hydrogens is 434 g/mol. The molecule has 2 aromatic rings. The van der Waals surface area contributed by atoms with Gasteiger partial charge in [0.2, 0.25) is 5.91 Å². The molecule has 1 heterocycles.